The average molecular weight is 525 g/mol. The summed E-state index contributed by atoms with van der Waals surface area (Å²) in [5.41, 5.74) is 4.21. The Morgan fingerprint density at radius 3 is 1.33 bits per heavy atom. The highest BCUT2D eigenvalue weighted by atomic mass is 19.1. The van der Waals surface area contributed by atoms with Crippen LogP contribution in [0.2, 0.25) is 0 Å². The Morgan fingerprint density at radius 2 is 0.846 bits per heavy atom. The molecule has 0 saturated carbocycles. The Bertz CT molecular complexity index is 1240. The third-order valence-corrected chi connectivity index (χ3v) is 7.02. The molecule has 3 rings (SSSR count). The number of hydrogen-bond acceptors (Lipinski definition) is 0. The predicted octanol–water partition coefficient (Wildman–Crippen LogP) is 10.2. The highest BCUT2D eigenvalue weighted by molar-refractivity contribution is 5.49. The number of benzene rings is 3. The molecule has 0 N–H and O–H groups in total. The normalized spacial score (nSPS) is 10.5. The van der Waals surface area contributed by atoms with E-state index in [1.54, 1.807) is 0 Å². The van der Waals surface area contributed by atoms with Crippen molar-refractivity contribution in [1.29, 1.82) is 0 Å². The second-order valence-electron chi connectivity index (χ2n) is 10.4. The maximum Gasteiger partial charge on any atom is 0.143 e. The molecule has 2 heteroatoms. The fourth-order valence-corrected chi connectivity index (χ4v) is 4.60. The van der Waals surface area contributed by atoms with E-state index in [9.17, 15) is 8.78 Å². The summed E-state index contributed by atoms with van der Waals surface area (Å²) in [4.78, 5) is 0. The van der Waals surface area contributed by atoms with Gasteiger partial charge in [-0.3, -0.25) is 0 Å². The molecule has 0 heterocycles. The third kappa shape index (κ3) is 11.1. The van der Waals surface area contributed by atoms with Crippen LogP contribution in [0.25, 0.3) is 0 Å². The van der Waals surface area contributed by atoms with Crippen molar-refractivity contribution >= 4 is 0 Å². The number of unbranched alkanes of at least 4 members (excludes halogenated alkanes) is 9. The summed E-state index contributed by atoms with van der Waals surface area (Å²) in [5, 5.41) is 0. The van der Waals surface area contributed by atoms with Gasteiger partial charge in [-0.2, -0.15) is 0 Å². The lowest BCUT2D eigenvalue weighted by Gasteiger charge is -2.03. The lowest BCUT2D eigenvalue weighted by atomic mass is 10.0. The van der Waals surface area contributed by atoms with Crippen molar-refractivity contribution in [2.45, 2.75) is 97.3 Å². The van der Waals surface area contributed by atoms with Crippen molar-refractivity contribution in [1.82, 2.24) is 0 Å². The monoisotopic (exact) mass is 524 g/mol. The maximum atomic E-state index is 14.7. The number of aryl methyl sites for hydroxylation is 2. The molecule has 0 spiro atoms. The molecule has 0 atom stereocenters. The molecule has 0 aliphatic rings. The molecule has 0 saturated heterocycles. The van der Waals surface area contributed by atoms with E-state index in [-0.39, 0.29) is 5.56 Å². The van der Waals surface area contributed by atoms with Gasteiger partial charge in [0.1, 0.15) is 11.6 Å². The summed E-state index contributed by atoms with van der Waals surface area (Å²) < 4.78 is 29.4. The zero-order chi connectivity index (χ0) is 27.7. The van der Waals surface area contributed by atoms with Gasteiger partial charge in [0, 0.05) is 16.7 Å². The first kappa shape index (κ1) is 30.2. The van der Waals surface area contributed by atoms with Crippen LogP contribution in [0.3, 0.4) is 0 Å². The fourth-order valence-electron chi connectivity index (χ4n) is 4.60. The molecule has 3 aromatic carbocycles. The molecule has 0 unspecified atom stereocenters. The molecule has 204 valence electrons. The minimum absolute atomic E-state index is 0.222. The van der Waals surface area contributed by atoms with Crippen LogP contribution >= 0.6 is 0 Å². The van der Waals surface area contributed by atoms with E-state index < -0.39 is 11.6 Å². The van der Waals surface area contributed by atoms with Gasteiger partial charge in [0.2, 0.25) is 0 Å². The number of halogens is 2. The summed E-state index contributed by atoms with van der Waals surface area (Å²) in [6, 6.07) is 18.6. The van der Waals surface area contributed by atoms with Crippen LogP contribution < -0.4 is 0 Å². The molecular formula is C37H42F2. The largest absolute Gasteiger partial charge is 0.205 e. The van der Waals surface area contributed by atoms with Crippen LogP contribution in [0, 0.1) is 35.3 Å². The molecule has 0 aliphatic heterocycles. The molecule has 0 fully saturated rings. The molecular weight excluding hydrogens is 482 g/mol. The van der Waals surface area contributed by atoms with Gasteiger partial charge in [-0.25, -0.2) is 8.78 Å². The van der Waals surface area contributed by atoms with Gasteiger partial charge in [0.15, 0.2) is 0 Å². The Morgan fingerprint density at radius 1 is 0.462 bits per heavy atom. The summed E-state index contributed by atoms with van der Waals surface area (Å²) in [6.45, 7) is 4.45. The van der Waals surface area contributed by atoms with Gasteiger partial charge in [-0.05, 0) is 73.2 Å². The lowest BCUT2D eigenvalue weighted by molar-refractivity contribution is 0.577. The SMILES string of the molecule is CCCCCCCCCc1ccc(C#Cc2c(F)cc(C#Cc3ccc(CCCCCC)cc3)cc2F)cc1. The van der Waals surface area contributed by atoms with Crippen molar-refractivity contribution in [2.24, 2.45) is 0 Å². The van der Waals surface area contributed by atoms with Crippen LogP contribution in [0.1, 0.15) is 118 Å². The van der Waals surface area contributed by atoms with E-state index in [1.807, 2.05) is 24.3 Å². The zero-order valence-electron chi connectivity index (χ0n) is 23.7. The van der Waals surface area contributed by atoms with Crippen molar-refractivity contribution < 1.29 is 8.78 Å². The first-order valence-electron chi connectivity index (χ1n) is 14.8. The van der Waals surface area contributed by atoms with E-state index in [0.29, 0.717) is 5.56 Å². The van der Waals surface area contributed by atoms with Crippen LogP contribution in [0.5, 0.6) is 0 Å². The van der Waals surface area contributed by atoms with E-state index in [4.69, 9.17) is 0 Å². The zero-order valence-corrected chi connectivity index (χ0v) is 23.7. The van der Waals surface area contributed by atoms with Gasteiger partial charge in [0.25, 0.3) is 0 Å². The molecule has 39 heavy (non-hydrogen) atoms. The van der Waals surface area contributed by atoms with Gasteiger partial charge < -0.3 is 0 Å². The van der Waals surface area contributed by atoms with E-state index >= 15 is 0 Å². The smallest absolute Gasteiger partial charge is 0.143 e. The molecule has 0 nitrogen and oxygen atoms in total. The van der Waals surface area contributed by atoms with E-state index in [0.717, 1.165) is 24.0 Å². The summed E-state index contributed by atoms with van der Waals surface area (Å²) in [7, 11) is 0. The minimum atomic E-state index is -0.690. The molecule has 0 aliphatic carbocycles. The molecule has 3 aromatic rings. The lowest BCUT2D eigenvalue weighted by Crippen LogP contribution is -1.93. The predicted molar refractivity (Wildman–Crippen MR) is 161 cm³/mol. The molecule has 0 radical (unpaired) electrons. The van der Waals surface area contributed by atoms with Gasteiger partial charge in [0.05, 0.1) is 5.56 Å². The Hall–Kier alpha value is -3.36. The van der Waals surface area contributed by atoms with Crippen LogP contribution in [-0.4, -0.2) is 0 Å². The average Bonchev–Trinajstić information content (AvgIpc) is 2.94. The Labute approximate surface area is 235 Å². The summed E-state index contributed by atoms with van der Waals surface area (Å²) >= 11 is 0. The van der Waals surface area contributed by atoms with Crippen LogP contribution in [-0.2, 0) is 12.8 Å². The summed E-state index contributed by atoms with van der Waals surface area (Å²) in [6.07, 6.45) is 16.1. The molecule has 0 amide bonds. The topological polar surface area (TPSA) is 0 Å². The van der Waals surface area contributed by atoms with E-state index in [1.165, 1.54) is 93.9 Å². The first-order valence-corrected chi connectivity index (χ1v) is 14.8. The van der Waals surface area contributed by atoms with Crippen molar-refractivity contribution in [3.05, 3.63) is 106 Å². The summed E-state index contributed by atoms with van der Waals surface area (Å²) in [5.74, 6) is 10.1. The van der Waals surface area contributed by atoms with Gasteiger partial charge in [-0.15, -0.1) is 0 Å². The van der Waals surface area contributed by atoms with Crippen molar-refractivity contribution in [2.75, 3.05) is 0 Å². The minimum Gasteiger partial charge on any atom is -0.205 e. The number of hydrogen-bond donors (Lipinski definition) is 0. The van der Waals surface area contributed by atoms with Gasteiger partial charge in [-0.1, -0.05) is 120 Å². The van der Waals surface area contributed by atoms with Crippen molar-refractivity contribution in [3.63, 3.8) is 0 Å². The Kier molecular flexibility index (Phi) is 13.4. The fraction of sp³-hybridized carbons (Fsp3) is 0.405. The van der Waals surface area contributed by atoms with E-state index in [2.05, 4.69) is 61.8 Å². The van der Waals surface area contributed by atoms with Crippen molar-refractivity contribution in [3.8, 4) is 23.7 Å². The second-order valence-corrected chi connectivity index (χ2v) is 10.4. The van der Waals surface area contributed by atoms with Crippen LogP contribution in [0.4, 0.5) is 8.78 Å². The second kappa shape index (κ2) is 17.3. The molecule has 0 bridgehead atoms. The number of rotatable bonds is 13. The van der Waals surface area contributed by atoms with Gasteiger partial charge >= 0.3 is 0 Å². The maximum absolute atomic E-state index is 14.7. The standard InChI is InChI=1S/C37H42F2/c1-3-5-7-9-10-11-13-15-31-18-22-33(23-19-31)26-27-35-36(38)28-34(29-37(35)39)25-24-32-20-16-30(17-21-32)14-12-8-6-4-2/h16-23,28-29H,3-15H2,1-2H3. The Balaban J connectivity index is 1.54. The highest BCUT2D eigenvalue weighted by Gasteiger charge is 2.08. The molecule has 0 aromatic heterocycles. The quantitative estimate of drug-likeness (QED) is 0.154. The van der Waals surface area contributed by atoms with Crippen LogP contribution in [0.15, 0.2) is 60.7 Å². The highest BCUT2D eigenvalue weighted by Crippen LogP contribution is 2.16. The first-order chi connectivity index (χ1) is 19.1. The third-order valence-electron chi connectivity index (χ3n) is 7.02.